The lowest BCUT2D eigenvalue weighted by molar-refractivity contribution is 0.170. The van der Waals surface area contributed by atoms with Gasteiger partial charge in [0.05, 0.1) is 11.4 Å². The maximum absolute atomic E-state index is 13.5. The van der Waals surface area contributed by atoms with Crippen LogP contribution in [-0.2, 0) is 10.0 Å². The lowest BCUT2D eigenvalue weighted by Crippen LogP contribution is -2.53. The van der Waals surface area contributed by atoms with E-state index in [1.165, 1.54) is 16.4 Å². The van der Waals surface area contributed by atoms with Gasteiger partial charge in [-0.05, 0) is 40.2 Å². The number of ether oxygens (including phenoxy) is 1. The average molecular weight is 486 g/mol. The molecule has 0 spiro atoms. The summed E-state index contributed by atoms with van der Waals surface area (Å²) in [6.07, 6.45) is 0. The molecule has 1 N–H and O–H groups in total. The highest BCUT2D eigenvalue weighted by molar-refractivity contribution is 9.10. The lowest BCUT2D eigenvalue weighted by atomic mass is 10.3. The average Bonchev–Trinajstić information content (AvgIpc) is 2.72. The van der Waals surface area contributed by atoms with E-state index in [4.69, 9.17) is 4.74 Å². The molecule has 1 aliphatic rings. The van der Waals surface area contributed by atoms with Crippen LogP contribution in [0.15, 0.2) is 57.9 Å². The molecule has 2 aromatic rings. The van der Waals surface area contributed by atoms with Crippen molar-refractivity contribution in [2.24, 2.45) is 0 Å². The van der Waals surface area contributed by atoms with Gasteiger partial charge in [0.15, 0.2) is 11.6 Å². The van der Waals surface area contributed by atoms with E-state index in [0.29, 0.717) is 4.47 Å². The number of amides is 2. The van der Waals surface area contributed by atoms with Crippen LogP contribution in [0.1, 0.15) is 0 Å². The van der Waals surface area contributed by atoms with Crippen molar-refractivity contribution < 1.29 is 22.3 Å². The molecule has 2 aromatic carbocycles. The highest BCUT2D eigenvalue weighted by Crippen LogP contribution is 2.25. The van der Waals surface area contributed by atoms with Crippen LogP contribution in [-0.4, -0.2) is 63.0 Å². The maximum atomic E-state index is 13.5. The van der Waals surface area contributed by atoms with E-state index in [0.717, 1.165) is 0 Å². The van der Waals surface area contributed by atoms with Crippen molar-refractivity contribution in [1.82, 2.24) is 14.5 Å². The van der Waals surface area contributed by atoms with Crippen molar-refractivity contribution >= 4 is 32.0 Å². The van der Waals surface area contributed by atoms with Crippen LogP contribution < -0.4 is 10.1 Å². The zero-order valence-electron chi connectivity index (χ0n) is 15.6. The van der Waals surface area contributed by atoms with E-state index >= 15 is 0 Å². The third-order valence-electron chi connectivity index (χ3n) is 4.45. The molecule has 0 aromatic heterocycles. The van der Waals surface area contributed by atoms with Gasteiger partial charge in [0.2, 0.25) is 10.0 Å². The monoisotopic (exact) mass is 485 g/mol. The van der Waals surface area contributed by atoms with Gasteiger partial charge in [0.1, 0.15) is 6.61 Å². The van der Waals surface area contributed by atoms with Crippen LogP contribution in [0.4, 0.5) is 9.18 Å². The van der Waals surface area contributed by atoms with E-state index in [2.05, 4.69) is 21.2 Å². The van der Waals surface area contributed by atoms with Crippen molar-refractivity contribution in [3.8, 4) is 5.75 Å². The molecular weight excluding hydrogens is 465 g/mol. The van der Waals surface area contributed by atoms with Gasteiger partial charge < -0.3 is 15.0 Å². The number of rotatable bonds is 6. The molecule has 0 bridgehead atoms. The summed E-state index contributed by atoms with van der Waals surface area (Å²) in [5, 5.41) is 2.70. The SMILES string of the molecule is O=C(NCCOc1ccccc1F)N1CCN(S(=O)(=O)c2ccccc2Br)CC1. The number of para-hydroxylation sites is 1. The zero-order chi connectivity index (χ0) is 20.9. The Morgan fingerprint density at radius 1 is 1.07 bits per heavy atom. The Bertz CT molecular complexity index is 965. The number of piperazine rings is 1. The van der Waals surface area contributed by atoms with Gasteiger partial charge in [-0.15, -0.1) is 0 Å². The molecule has 1 aliphatic heterocycles. The Balaban J connectivity index is 1.46. The first kappa shape index (κ1) is 21.5. The number of carbonyl (C=O) groups excluding carboxylic acids is 1. The summed E-state index contributed by atoms with van der Waals surface area (Å²) in [7, 11) is -3.62. The maximum Gasteiger partial charge on any atom is 0.317 e. The second-order valence-corrected chi connectivity index (χ2v) is 9.09. The van der Waals surface area contributed by atoms with Gasteiger partial charge >= 0.3 is 6.03 Å². The normalized spacial score (nSPS) is 15.2. The van der Waals surface area contributed by atoms with Crippen LogP contribution in [0.3, 0.4) is 0 Å². The first-order valence-corrected chi connectivity index (χ1v) is 11.3. The number of halogens is 2. The zero-order valence-corrected chi connectivity index (χ0v) is 18.0. The summed E-state index contributed by atoms with van der Waals surface area (Å²) in [4.78, 5) is 14.0. The quantitative estimate of drug-likeness (QED) is 0.637. The first-order chi connectivity index (χ1) is 13.9. The molecule has 1 fully saturated rings. The number of hydrogen-bond donors (Lipinski definition) is 1. The smallest absolute Gasteiger partial charge is 0.317 e. The summed E-state index contributed by atoms with van der Waals surface area (Å²) >= 11 is 3.27. The van der Waals surface area contributed by atoms with Crippen molar-refractivity contribution in [1.29, 1.82) is 0 Å². The topological polar surface area (TPSA) is 79.0 Å². The standard InChI is InChI=1S/C19H21BrFN3O4S/c20-15-5-1-4-8-18(15)29(26,27)24-12-10-23(11-13-24)19(25)22-9-14-28-17-7-3-2-6-16(17)21/h1-8H,9-14H2,(H,22,25). The second kappa shape index (κ2) is 9.55. The number of benzene rings is 2. The Morgan fingerprint density at radius 2 is 1.72 bits per heavy atom. The molecule has 1 saturated heterocycles. The molecule has 3 rings (SSSR count). The molecule has 10 heteroatoms. The number of carbonyl (C=O) groups is 1. The van der Waals surface area contributed by atoms with Gasteiger partial charge in [0, 0.05) is 30.7 Å². The van der Waals surface area contributed by atoms with Crippen molar-refractivity contribution in [2.45, 2.75) is 4.90 Å². The van der Waals surface area contributed by atoms with E-state index in [-0.39, 0.29) is 56.0 Å². The third-order valence-corrected chi connectivity index (χ3v) is 7.36. The van der Waals surface area contributed by atoms with Crippen LogP contribution in [0, 0.1) is 5.82 Å². The van der Waals surface area contributed by atoms with Crippen LogP contribution in [0.5, 0.6) is 5.75 Å². The van der Waals surface area contributed by atoms with Gasteiger partial charge in [-0.3, -0.25) is 0 Å². The van der Waals surface area contributed by atoms with E-state index in [1.807, 2.05) is 0 Å². The fourth-order valence-electron chi connectivity index (χ4n) is 2.92. The molecule has 0 aliphatic carbocycles. The third kappa shape index (κ3) is 5.26. The predicted molar refractivity (Wildman–Crippen MR) is 110 cm³/mol. The second-order valence-electron chi connectivity index (χ2n) is 6.33. The Hall–Kier alpha value is -2.17. The minimum atomic E-state index is -3.62. The Morgan fingerprint density at radius 3 is 2.41 bits per heavy atom. The number of sulfonamides is 1. The van der Waals surface area contributed by atoms with Crippen LogP contribution in [0.25, 0.3) is 0 Å². The fourth-order valence-corrected chi connectivity index (χ4v) is 5.30. The summed E-state index contributed by atoms with van der Waals surface area (Å²) in [5.41, 5.74) is 0. The molecule has 7 nitrogen and oxygen atoms in total. The van der Waals surface area contributed by atoms with Crippen molar-refractivity contribution in [2.75, 3.05) is 39.3 Å². The van der Waals surface area contributed by atoms with E-state index in [1.54, 1.807) is 41.3 Å². The summed E-state index contributed by atoms with van der Waals surface area (Å²) in [6.45, 7) is 1.32. The highest BCUT2D eigenvalue weighted by atomic mass is 79.9. The van der Waals surface area contributed by atoms with Crippen molar-refractivity contribution in [3.05, 3.63) is 58.8 Å². The van der Waals surface area contributed by atoms with E-state index < -0.39 is 15.8 Å². The van der Waals surface area contributed by atoms with Crippen molar-refractivity contribution in [3.63, 3.8) is 0 Å². The fraction of sp³-hybridized carbons (Fsp3) is 0.316. The molecule has 0 unspecified atom stereocenters. The molecule has 2 amide bonds. The van der Waals surface area contributed by atoms with Crippen LogP contribution in [0.2, 0.25) is 0 Å². The minimum absolute atomic E-state index is 0.128. The number of hydrogen-bond acceptors (Lipinski definition) is 4. The number of nitrogens with zero attached hydrogens (tertiary/aromatic N) is 2. The lowest BCUT2D eigenvalue weighted by Gasteiger charge is -2.34. The van der Waals surface area contributed by atoms with E-state index in [9.17, 15) is 17.6 Å². The molecular formula is C19H21BrFN3O4S. The van der Waals surface area contributed by atoms with Gasteiger partial charge in [-0.1, -0.05) is 24.3 Å². The molecule has 0 saturated carbocycles. The molecule has 29 heavy (non-hydrogen) atoms. The number of urea groups is 1. The summed E-state index contributed by atoms with van der Waals surface area (Å²) < 4.78 is 46.2. The highest BCUT2D eigenvalue weighted by Gasteiger charge is 2.31. The predicted octanol–water partition coefficient (Wildman–Crippen LogP) is 2.68. The molecule has 0 atom stereocenters. The molecule has 0 radical (unpaired) electrons. The number of nitrogens with one attached hydrogen (secondary N) is 1. The van der Waals surface area contributed by atoms with Crippen LogP contribution >= 0.6 is 15.9 Å². The van der Waals surface area contributed by atoms with Gasteiger partial charge in [-0.25, -0.2) is 17.6 Å². The summed E-state index contributed by atoms with van der Waals surface area (Å²) in [5.74, 6) is -0.325. The minimum Gasteiger partial charge on any atom is -0.489 e. The van der Waals surface area contributed by atoms with Gasteiger partial charge in [-0.2, -0.15) is 4.31 Å². The largest absolute Gasteiger partial charge is 0.489 e. The van der Waals surface area contributed by atoms with Gasteiger partial charge in [0.25, 0.3) is 0 Å². The molecule has 156 valence electrons. The Labute approximate surface area is 177 Å². The first-order valence-electron chi connectivity index (χ1n) is 9.04. The Kier molecular flexibility index (Phi) is 7.09. The summed E-state index contributed by atoms with van der Waals surface area (Å²) in [6, 6.07) is 12.4. The molecule has 1 heterocycles.